The van der Waals surface area contributed by atoms with Gasteiger partial charge in [0.2, 0.25) is 0 Å². The number of carbonyl (C=O) groups is 1. The van der Waals surface area contributed by atoms with E-state index < -0.39 is 21.5 Å². The molecule has 2 aromatic rings. The van der Waals surface area contributed by atoms with Crippen LogP contribution < -0.4 is 10.1 Å². The zero-order valence-corrected chi connectivity index (χ0v) is 12.3. The van der Waals surface area contributed by atoms with Gasteiger partial charge in [-0.15, -0.1) is 0 Å². The van der Waals surface area contributed by atoms with Crippen LogP contribution in [0.2, 0.25) is 0 Å². The highest BCUT2D eigenvalue weighted by Crippen LogP contribution is 2.30. The number of rotatable bonds is 5. The molecule has 0 bridgehead atoms. The highest BCUT2D eigenvalue weighted by Gasteiger charge is 2.19. The number of nitro benzene ring substituents is 2. The third-order valence-corrected chi connectivity index (χ3v) is 3.08. The average Bonchev–Trinajstić information content (AvgIpc) is 2.54. The molecule has 0 aliphatic rings. The molecule has 124 valence electrons. The lowest BCUT2D eigenvalue weighted by atomic mass is 10.1. The number of ether oxygens (including phenoxy) is 1. The predicted octanol–water partition coefficient (Wildman–Crippen LogP) is 2.47. The van der Waals surface area contributed by atoms with Crippen molar-refractivity contribution in [2.24, 2.45) is 0 Å². The smallest absolute Gasteiger partial charge is 0.273 e. The van der Waals surface area contributed by atoms with E-state index >= 15 is 0 Å². The molecule has 2 rings (SSSR count). The molecular weight excluding hydrogens is 322 g/mol. The minimum atomic E-state index is -0.830. The number of benzene rings is 2. The molecule has 0 saturated carbocycles. The molecule has 2 N–H and O–H groups in total. The van der Waals surface area contributed by atoms with Gasteiger partial charge in [0.15, 0.2) is 0 Å². The molecule has 0 aromatic heterocycles. The van der Waals surface area contributed by atoms with Gasteiger partial charge in [0.25, 0.3) is 17.3 Å². The van der Waals surface area contributed by atoms with Crippen molar-refractivity contribution in [2.45, 2.75) is 0 Å². The van der Waals surface area contributed by atoms with Crippen LogP contribution in [0.15, 0.2) is 36.4 Å². The number of carbonyl (C=O) groups excluding carboxylic acids is 1. The molecule has 0 radical (unpaired) electrons. The molecule has 10 heteroatoms. The summed E-state index contributed by atoms with van der Waals surface area (Å²) in [5, 5.41) is 33.6. The number of methoxy groups -OCH3 is 1. The molecule has 0 fully saturated rings. The molecule has 0 saturated heterocycles. The summed E-state index contributed by atoms with van der Waals surface area (Å²) in [5.41, 5.74) is -0.805. The number of nitrogens with one attached hydrogen (secondary N) is 1. The highest BCUT2D eigenvalue weighted by molar-refractivity contribution is 6.07. The van der Waals surface area contributed by atoms with E-state index in [4.69, 9.17) is 4.74 Å². The standard InChI is InChI=1S/C14H11N3O7/c1-24-13-7-9(17(22)23)2-4-11(13)15-14(19)10-6-8(16(20)21)3-5-12(10)18/h2-7,18H,1H3,(H,15,19). The van der Waals surface area contributed by atoms with E-state index in [0.29, 0.717) is 0 Å². The number of hydrogen-bond donors (Lipinski definition) is 2. The third-order valence-electron chi connectivity index (χ3n) is 3.08. The maximum absolute atomic E-state index is 12.2. The van der Waals surface area contributed by atoms with Gasteiger partial charge in [-0.3, -0.25) is 25.0 Å². The lowest BCUT2D eigenvalue weighted by molar-refractivity contribution is -0.385. The highest BCUT2D eigenvalue weighted by atomic mass is 16.6. The van der Waals surface area contributed by atoms with Gasteiger partial charge in [-0.1, -0.05) is 0 Å². The second kappa shape index (κ2) is 6.60. The van der Waals surface area contributed by atoms with Crippen LogP contribution >= 0.6 is 0 Å². The van der Waals surface area contributed by atoms with Crippen LogP contribution in [-0.2, 0) is 0 Å². The minimum absolute atomic E-state index is 0.0301. The summed E-state index contributed by atoms with van der Waals surface area (Å²) in [6.45, 7) is 0. The molecule has 0 atom stereocenters. The van der Waals surface area contributed by atoms with Crippen molar-refractivity contribution in [2.75, 3.05) is 12.4 Å². The Balaban J connectivity index is 2.35. The molecule has 2 aromatic carbocycles. The first-order valence-electron chi connectivity index (χ1n) is 6.44. The normalized spacial score (nSPS) is 10.0. The Bertz CT molecular complexity index is 835. The van der Waals surface area contributed by atoms with Crippen molar-refractivity contribution in [1.82, 2.24) is 0 Å². The van der Waals surface area contributed by atoms with Gasteiger partial charge in [-0.05, 0) is 12.1 Å². The first kappa shape index (κ1) is 16.7. The zero-order valence-electron chi connectivity index (χ0n) is 12.3. The zero-order chi connectivity index (χ0) is 17.9. The fourth-order valence-corrected chi connectivity index (χ4v) is 1.91. The Morgan fingerprint density at radius 2 is 1.67 bits per heavy atom. The van der Waals surface area contributed by atoms with E-state index in [1.807, 2.05) is 0 Å². The van der Waals surface area contributed by atoms with Crippen LogP contribution in [0.5, 0.6) is 11.5 Å². The minimum Gasteiger partial charge on any atom is -0.507 e. The van der Waals surface area contributed by atoms with Crippen molar-refractivity contribution in [1.29, 1.82) is 0 Å². The van der Waals surface area contributed by atoms with Gasteiger partial charge < -0.3 is 15.2 Å². The van der Waals surface area contributed by atoms with Crippen molar-refractivity contribution in [3.8, 4) is 11.5 Å². The van der Waals surface area contributed by atoms with Crippen molar-refractivity contribution in [3.63, 3.8) is 0 Å². The fourth-order valence-electron chi connectivity index (χ4n) is 1.91. The Hall–Kier alpha value is -3.69. The summed E-state index contributed by atoms with van der Waals surface area (Å²) >= 11 is 0. The number of nitro groups is 2. The van der Waals surface area contributed by atoms with Crippen LogP contribution in [0.3, 0.4) is 0 Å². The Morgan fingerprint density at radius 1 is 1.08 bits per heavy atom. The Labute approximate surface area is 134 Å². The van der Waals surface area contributed by atoms with Crippen LogP contribution in [0, 0.1) is 20.2 Å². The van der Waals surface area contributed by atoms with Gasteiger partial charge >= 0.3 is 0 Å². The van der Waals surface area contributed by atoms with Gasteiger partial charge in [0.05, 0.1) is 34.3 Å². The Kier molecular flexibility index (Phi) is 4.59. The summed E-state index contributed by atoms with van der Waals surface area (Å²) in [4.78, 5) is 32.4. The Morgan fingerprint density at radius 3 is 2.25 bits per heavy atom. The van der Waals surface area contributed by atoms with E-state index in [1.165, 1.54) is 13.2 Å². The van der Waals surface area contributed by atoms with Gasteiger partial charge in [-0.25, -0.2) is 0 Å². The number of anilines is 1. The van der Waals surface area contributed by atoms with E-state index in [9.17, 15) is 30.1 Å². The van der Waals surface area contributed by atoms with Crippen LogP contribution in [-0.4, -0.2) is 28.0 Å². The first-order chi connectivity index (χ1) is 11.3. The lowest BCUT2D eigenvalue weighted by Crippen LogP contribution is -2.13. The molecule has 24 heavy (non-hydrogen) atoms. The molecular formula is C14H11N3O7. The monoisotopic (exact) mass is 333 g/mol. The fraction of sp³-hybridized carbons (Fsp3) is 0.0714. The van der Waals surface area contributed by atoms with Crippen molar-refractivity contribution in [3.05, 3.63) is 62.2 Å². The maximum Gasteiger partial charge on any atom is 0.273 e. The topological polar surface area (TPSA) is 145 Å². The summed E-state index contributed by atoms with van der Waals surface area (Å²) < 4.78 is 4.98. The molecule has 0 aliphatic carbocycles. The quantitative estimate of drug-likeness (QED) is 0.631. The second-order valence-electron chi connectivity index (χ2n) is 4.55. The maximum atomic E-state index is 12.2. The summed E-state index contributed by atoms with van der Waals surface area (Å²) in [5.74, 6) is -1.25. The number of amides is 1. The summed E-state index contributed by atoms with van der Waals surface area (Å²) in [7, 11) is 1.26. The van der Waals surface area contributed by atoms with Gasteiger partial charge in [0, 0.05) is 18.2 Å². The van der Waals surface area contributed by atoms with Gasteiger partial charge in [-0.2, -0.15) is 0 Å². The summed E-state index contributed by atoms with van der Waals surface area (Å²) in [6, 6.07) is 6.53. The van der Waals surface area contributed by atoms with Crippen LogP contribution in [0.1, 0.15) is 10.4 Å². The number of nitrogens with zero attached hydrogens (tertiary/aromatic N) is 2. The van der Waals surface area contributed by atoms with Gasteiger partial charge in [0.1, 0.15) is 11.5 Å². The van der Waals surface area contributed by atoms with E-state index in [1.54, 1.807) is 0 Å². The lowest BCUT2D eigenvalue weighted by Gasteiger charge is -2.10. The third kappa shape index (κ3) is 3.38. The summed E-state index contributed by atoms with van der Waals surface area (Å²) in [6.07, 6.45) is 0. The van der Waals surface area contributed by atoms with E-state index in [0.717, 1.165) is 30.3 Å². The largest absolute Gasteiger partial charge is 0.507 e. The molecule has 0 unspecified atom stereocenters. The number of hydrogen-bond acceptors (Lipinski definition) is 7. The van der Waals surface area contributed by atoms with E-state index in [-0.39, 0.29) is 28.4 Å². The molecule has 0 heterocycles. The molecule has 10 nitrogen and oxygen atoms in total. The molecule has 0 aliphatic heterocycles. The molecule has 1 amide bonds. The molecule has 0 spiro atoms. The van der Waals surface area contributed by atoms with E-state index in [2.05, 4.69) is 5.32 Å². The number of non-ortho nitro benzene ring substituents is 2. The number of aromatic hydroxyl groups is 1. The second-order valence-corrected chi connectivity index (χ2v) is 4.55. The van der Waals surface area contributed by atoms with Crippen LogP contribution in [0.25, 0.3) is 0 Å². The first-order valence-corrected chi connectivity index (χ1v) is 6.44. The number of phenolic OH excluding ortho intramolecular Hbond substituents is 1. The SMILES string of the molecule is COc1cc([N+](=O)[O-])ccc1NC(=O)c1cc([N+](=O)[O-])ccc1O. The average molecular weight is 333 g/mol. The van der Waals surface area contributed by atoms with Crippen LogP contribution in [0.4, 0.5) is 17.1 Å². The van der Waals surface area contributed by atoms with Crippen molar-refractivity contribution < 1.29 is 24.5 Å². The van der Waals surface area contributed by atoms with Crippen molar-refractivity contribution >= 4 is 23.0 Å². The predicted molar refractivity (Wildman–Crippen MR) is 82.4 cm³/mol. The number of phenols is 1.